The number of fused-ring (bicyclic) bond motifs is 2. The normalized spacial score (nSPS) is 22.9. The Morgan fingerprint density at radius 2 is 1.92 bits per heavy atom. The summed E-state index contributed by atoms with van der Waals surface area (Å²) in [5.41, 5.74) is 3.78. The summed E-state index contributed by atoms with van der Waals surface area (Å²) in [6.45, 7) is 2.94. The lowest BCUT2D eigenvalue weighted by molar-refractivity contribution is -0.137. The van der Waals surface area contributed by atoms with Crippen LogP contribution in [0.1, 0.15) is 69.3 Å². The number of nitrogens with one attached hydrogen (secondary N) is 1. The zero-order chi connectivity index (χ0) is 26.6. The predicted molar refractivity (Wildman–Crippen MR) is 139 cm³/mol. The molecule has 3 atom stereocenters. The van der Waals surface area contributed by atoms with Crippen molar-refractivity contribution in [1.82, 2.24) is 20.0 Å². The predicted octanol–water partition coefficient (Wildman–Crippen LogP) is 3.04. The van der Waals surface area contributed by atoms with E-state index in [9.17, 15) is 19.2 Å². The smallest absolute Gasteiger partial charge is 0.255 e. The molecule has 0 saturated carbocycles. The Morgan fingerprint density at radius 3 is 2.59 bits per heavy atom. The molecule has 9 nitrogen and oxygen atoms in total. The summed E-state index contributed by atoms with van der Waals surface area (Å²) in [4.78, 5) is 56.7. The van der Waals surface area contributed by atoms with Crippen LogP contribution in [0.2, 0.25) is 0 Å². The summed E-state index contributed by atoms with van der Waals surface area (Å²) < 4.78 is 6.32. The average Bonchev–Trinajstić information content (AvgIpc) is 3.34. The second kappa shape index (κ2) is 9.57. The second-order valence-electron chi connectivity index (χ2n) is 10.0. The zero-order valence-corrected chi connectivity index (χ0v) is 22.8. The van der Waals surface area contributed by atoms with Crippen molar-refractivity contribution in [3.63, 3.8) is 0 Å². The van der Waals surface area contributed by atoms with Crippen LogP contribution in [0.4, 0.5) is 0 Å². The van der Waals surface area contributed by atoms with Crippen LogP contribution in [0.5, 0.6) is 5.75 Å². The van der Waals surface area contributed by atoms with Crippen LogP contribution in [-0.4, -0.2) is 72.1 Å². The van der Waals surface area contributed by atoms with E-state index in [1.165, 1.54) is 4.90 Å². The molecule has 2 aromatic carbocycles. The first-order valence-corrected chi connectivity index (χ1v) is 13.0. The number of hydrogen-bond acceptors (Lipinski definition) is 6. The molecule has 2 aromatic rings. The Morgan fingerprint density at radius 1 is 1.16 bits per heavy atom. The van der Waals surface area contributed by atoms with Crippen molar-refractivity contribution < 1.29 is 23.9 Å². The summed E-state index contributed by atoms with van der Waals surface area (Å²) in [5, 5.41) is 2.33. The minimum absolute atomic E-state index is 0.129. The van der Waals surface area contributed by atoms with Gasteiger partial charge in [0.15, 0.2) is 0 Å². The Kier molecular flexibility index (Phi) is 6.57. The third-order valence-corrected chi connectivity index (χ3v) is 8.37. The molecule has 0 bridgehead atoms. The number of nitrogens with zero attached hydrogens (tertiary/aromatic N) is 3. The number of ether oxygens (including phenoxy) is 1. The minimum atomic E-state index is -0.711. The maximum absolute atomic E-state index is 13.9. The van der Waals surface area contributed by atoms with E-state index in [4.69, 9.17) is 4.74 Å². The van der Waals surface area contributed by atoms with Crippen molar-refractivity contribution >= 4 is 39.6 Å². The number of imide groups is 1. The van der Waals surface area contributed by atoms with Crippen molar-refractivity contribution in [2.45, 2.75) is 44.4 Å². The molecule has 1 fully saturated rings. The first-order valence-electron chi connectivity index (χ1n) is 12.2. The molecule has 0 aromatic heterocycles. The van der Waals surface area contributed by atoms with Crippen molar-refractivity contribution in [2.75, 3.05) is 27.7 Å². The fraction of sp³-hybridized carbons (Fsp3) is 0.407. The average molecular weight is 569 g/mol. The van der Waals surface area contributed by atoms with E-state index in [2.05, 4.69) is 26.1 Å². The minimum Gasteiger partial charge on any atom is -0.496 e. The van der Waals surface area contributed by atoms with Gasteiger partial charge in [0, 0.05) is 30.6 Å². The largest absolute Gasteiger partial charge is 0.496 e. The first kappa shape index (κ1) is 25.4. The number of methoxy groups -OCH3 is 1. The van der Waals surface area contributed by atoms with Gasteiger partial charge in [0.05, 0.1) is 23.7 Å². The summed E-state index contributed by atoms with van der Waals surface area (Å²) in [7, 11) is 5.57. The third kappa shape index (κ3) is 4.21. The Balaban J connectivity index is 1.45. The van der Waals surface area contributed by atoms with Gasteiger partial charge < -0.3 is 19.4 Å². The SMILES string of the molecule is COc1ccc2c(c1Br)CN(C(=O)c1ccc3c(c1)[C@@H](C)N([C@H]1CCC(=O)NC1=O)C3=O)[C@H]2CN(C)C. The third-order valence-electron chi connectivity index (χ3n) is 7.50. The van der Waals surface area contributed by atoms with Gasteiger partial charge in [0.25, 0.3) is 11.8 Å². The van der Waals surface area contributed by atoms with Crippen molar-refractivity contribution in [2.24, 2.45) is 0 Å². The summed E-state index contributed by atoms with van der Waals surface area (Å²) in [6, 6.07) is 7.81. The fourth-order valence-corrected chi connectivity index (χ4v) is 6.32. The van der Waals surface area contributed by atoms with Crippen LogP contribution in [0.15, 0.2) is 34.8 Å². The number of halogens is 1. The highest BCUT2D eigenvalue weighted by Gasteiger charge is 2.44. The molecule has 4 amide bonds. The number of benzene rings is 2. The molecule has 1 N–H and O–H groups in total. The van der Waals surface area contributed by atoms with Crippen LogP contribution in [0.25, 0.3) is 0 Å². The summed E-state index contributed by atoms with van der Waals surface area (Å²) in [6.07, 6.45) is 0.479. The number of amides is 4. The van der Waals surface area contributed by atoms with E-state index in [1.54, 1.807) is 25.3 Å². The van der Waals surface area contributed by atoms with Gasteiger partial charge in [-0.1, -0.05) is 6.07 Å². The molecule has 37 heavy (non-hydrogen) atoms. The number of rotatable bonds is 5. The first-order chi connectivity index (χ1) is 17.6. The monoisotopic (exact) mass is 568 g/mol. The van der Waals surface area contributed by atoms with Gasteiger partial charge in [-0.3, -0.25) is 24.5 Å². The molecular formula is C27H29BrN4O5. The van der Waals surface area contributed by atoms with Gasteiger partial charge in [-0.2, -0.15) is 0 Å². The van der Waals surface area contributed by atoms with E-state index in [-0.39, 0.29) is 36.6 Å². The lowest BCUT2D eigenvalue weighted by atomic mass is 10.00. The Bertz CT molecular complexity index is 1330. The molecule has 3 aliphatic heterocycles. The lowest BCUT2D eigenvalue weighted by Gasteiger charge is -2.33. The van der Waals surface area contributed by atoms with Gasteiger partial charge in [0.2, 0.25) is 11.8 Å². The van der Waals surface area contributed by atoms with Crippen molar-refractivity contribution in [3.05, 3.63) is 62.6 Å². The highest BCUT2D eigenvalue weighted by molar-refractivity contribution is 9.10. The summed E-state index contributed by atoms with van der Waals surface area (Å²) in [5.74, 6) is -0.450. The number of carbonyl (C=O) groups excluding carboxylic acids is 4. The molecule has 3 heterocycles. The van der Waals surface area contributed by atoms with E-state index >= 15 is 0 Å². The molecule has 5 rings (SSSR count). The Labute approximate surface area is 223 Å². The fourth-order valence-electron chi connectivity index (χ4n) is 5.68. The lowest BCUT2D eigenvalue weighted by Crippen LogP contribution is -2.53. The van der Waals surface area contributed by atoms with Gasteiger partial charge in [-0.05, 0) is 84.3 Å². The topological polar surface area (TPSA) is 99.3 Å². The van der Waals surface area contributed by atoms with Crippen LogP contribution < -0.4 is 10.1 Å². The van der Waals surface area contributed by atoms with E-state index < -0.39 is 18.0 Å². The molecule has 0 aliphatic carbocycles. The number of carbonyl (C=O) groups is 4. The summed E-state index contributed by atoms with van der Waals surface area (Å²) >= 11 is 3.65. The molecule has 0 spiro atoms. The van der Waals surface area contributed by atoms with Crippen molar-refractivity contribution in [3.8, 4) is 5.75 Å². The van der Waals surface area contributed by atoms with E-state index in [0.717, 1.165) is 21.3 Å². The van der Waals surface area contributed by atoms with E-state index in [1.807, 2.05) is 38.1 Å². The zero-order valence-electron chi connectivity index (χ0n) is 21.2. The second-order valence-corrected chi connectivity index (χ2v) is 10.8. The molecule has 1 saturated heterocycles. The highest BCUT2D eigenvalue weighted by Crippen LogP contribution is 2.43. The maximum atomic E-state index is 13.9. The molecular weight excluding hydrogens is 540 g/mol. The highest BCUT2D eigenvalue weighted by atomic mass is 79.9. The molecule has 3 aliphatic rings. The van der Waals surface area contributed by atoms with Gasteiger partial charge >= 0.3 is 0 Å². The van der Waals surface area contributed by atoms with Crippen LogP contribution in [0.3, 0.4) is 0 Å². The van der Waals surface area contributed by atoms with E-state index in [0.29, 0.717) is 29.8 Å². The number of likely N-dealkylation sites (N-methyl/N-ethyl adjacent to an activating group) is 1. The molecule has 10 heteroatoms. The molecule has 194 valence electrons. The molecule has 0 unspecified atom stereocenters. The number of hydrogen-bond donors (Lipinski definition) is 1. The quantitative estimate of drug-likeness (QED) is 0.556. The van der Waals surface area contributed by atoms with Crippen LogP contribution in [0, 0.1) is 0 Å². The van der Waals surface area contributed by atoms with Gasteiger partial charge in [-0.25, -0.2) is 0 Å². The van der Waals surface area contributed by atoms with Crippen molar-refractivity contribution in [1.29, 1.82) is 0 Å². The van der Waals surface area contributed by atoms with Gasteiger partial charge in [0.1, 0.15) is 11.8 Å². The number of piperidine rings is 1. The maximum Gasteiger partial charge on any atom is 0.255 e. The Hall–Kier alpha value is -3.24. The van der Waals surface area contributed by atoms with Crippen LogP contribution >= 0.6 is 15.9 Å². The van der Waals surface area contributed by atoms with Gasteiger partial charge in [-0.15, -0.1) is 0 Å². The molecule has 0 radical (unpaired) electrons. The standard InChI is InChI=1S/C27H29BrN4O5/c1-14-18-11-15(5-6-17(18)27(36)32(14)20-8-10-23(33)29-25(20)34)26(35)31-12-19-16(21(31)13-30(2)3)7-9-22(37-4)24(19)28/h5-7,9,11,14,20-21H,8,10,12-13H2,1-4H3,(H,29,33,34)/t14-,20+,21+/m1/s1. The van der Waals surface area contributed by atoms with Crippen LogP contribution in [-0.2, 0) is 16.1 Å².